The van der Waals surface area contributed by atoms with E-state index in [1.165, 1.54) is 18.3 Å². The first kappa shape index (κ1) is 11.0. The molecule has 1 unspecified atom stereocenters. The smallest absolute Gasteiger partial charge is 0.405 e. The maximum absolute atomic E-state index is 11.6. The number of thiophene rings is 1. The highest BCUT2D eigenvalue weighted by Gasteiger charge is 2.20. The van der Waals surface area contributed by atoms with E-state index in [9.17, 15) is 9.59 Å². The Kier molecular flexibility index (Phi) is 3.49. The highest BCUT2D eigenvalue weighted by atomic mass is 35.5. The number of Topliss-reactive ketones (excluding diaryl/α,β-unsaturated/α-hetero) is 1. The molecular weight excluding hydrogens is 226 g/mol. The maximum Gasteiger partial charge on any atom is 0.405 e. The molecule has 14 heavy (non-hydrogen) atoms. The van der Waals surface area contributed by atoms with Gasteiger partial charge in [0.1, 0.15) is 0 Å². The standard InChI is InChI=1S/C8H8ClNO3S/c1-4(10-8(12)13)6(11)7-5(9)2-3-14-7/h2-4,10H,1H3,(H,12,13). The lowest BCUT2D eigenvalue weighted by molar-refractivity contribution is 0.0949. The van der Waals surface area contributed by atoms with Crippen LogP contribution in [0.25, 0.3) is 0 Å². The Balaban J connectivity index is 2.76. The zero-order valence-electron chi connectivity index (χ0n) is 7.28. The summed E-state index contributed by atoms with van der Waals surface area (Å²) >= 11 is 6.93. The third-order valence-electron chi connectivity index (χ3n) is 1.57. The second kappa shape index (κ2) is 4.43. The van der Waals surface area contributed by atoms with Crippen molar-refractivity contribution in [3.63, 3.8) is 0 Å². The Morgan fingerprint density at radius 2 is 2.29 bits per heavy atom. The van der Waals surface area contributed by atoms with Crippen molar-refractivity contribution < 1.29 is 14.7 Å². The fraction of sp³-hybridized carbons (Fsp3) is 0.250. The second-order valence-corrected chi connectivity index (χ2v) is 3.96. The quantitative estimate of drug-likeness (QED) is 0.787. The number of halogens is 1. The molecule has 0 saturated carbocycles. The predicted octanol–water partition coefficient (Wildman–Crippen LogP) is 2.24. The van der Waals surface area contributed by atoms with E-state index < -0.39 is 12.1 Å². The van der Waals surface area contributed by atoms with Crippen molar-refractivity contribution in [2.45, 2.75) is 13.0 Å². The molecular formula is C8H8ClNO3S. The van der Waals surface area contributed by atoms with E-state index in [0.717, 1.165) is 0 Å². The van der Waals surface area contributed by atoms with Gasteiger partial charge in [-0.3, -0.25) is 4.79 Å². The molecule has 0 aliphatic carbocycles. The van der Waals surface area contributed by atoms with E-state index in [-0.39, 0.29) is 5.78 Å². The first-order valence-corrected chi connectivity index (χ1v) is 5.04. The van der Waals surface area contributed by atoms with E-state index in [2.05, 4.69) is 5.32 Å². The number of ketones is 1. The zero-order valence-corrected chi connectivity index (χ0v) is 8.85. The van der Waals surface area contributed by atoms with Crippen LogP contribution in [0.5, 0.6) is 0 Å². The summed E-state index contributed by atoms with van der Waals surface area (Å²) in [4.78, 5) is 22.2. The SMILES string of the molecule is CC(NC(=O)O)C(=O)c1sccc1Cl. The number of hydrogen-bond acceptors (Lipinski definition) is 3. The van der Waals surface area contributed by atoms with E-state index >= 15 is 0 Å². The molecule has 0 radical (unpaired) electrons. The highest BCUT2D eigenvalue weighted by molar-refractivity contribution is 7.12. The minimum atomic E-state index is -1.22. The summed E-state index contributed by atoms with van der Waals surface area (Å²) in [5, 5.41) is 12.5. The number of hydrogen-bond donors (Lipinski definition) is 2. The van der Waals surface area contributed by atoms with Crippen LogP contribution in [-0.4, -0.2) is 23.0 Å². The van der Waals surface area contributed by atoms with E-state index in [4.69, 9.17) is 16.7 Å². The normalized spacial score (nSPS) is 12.1. The number of carbonyl (C=O) groups is 2. The minimum Gasteiger partial charge on any atom is -0.465 e. The van der Waals surface area contributed by atoms with Gasteiger partial charge >= 0.3 is 6.09 Å². The summed E-state index contributed by atoms with van der Waals surface area (Å²) in [6.07, 6.45) is -1.22. The molecule has 2 N–H and O–H groups in total. The van der Waals surface area contributed by atoms with Gasteiger partial charge in [-0.1, -0.05) is 11.6 Å². The van der Waals surface area contributed by atoms with Crippen LogP contribution in [0.2, 0.25) is 5.02 Å². The molecule has 1 heterocycles. The van der Waals surface area contributed by atoms with Gasteiger partial charge in [0.25, 0.3) is 0 Å². The van der Waals surface area contributed by atoms with Crippen LogP contribution in [0.15, 0.2) is 11.4 Å². The maximum atomic E-state index is 11.6. The summed E-state index contributed by atoms with van der Waals surface area (Å²) in [5.41, 5.74) is 0. The first-order chi connectivity index (χ1) is 6.52. The molecule has 1 aromatic heterocycles. The molecule has 1 rings (SSSR count). The summed E-state index contributed by atoms with van der Waals surface area (Å²) in [6.45, 7) is 1.48. The van der Waals surface area contributed by atoms with Gasteiger partial charge < -0.3 is 10.4 Å². The monoisotopic (exact) mass is 233 g/mol. The molecule has 1 amide bonds. The van der Waals surface area contributed by atoms with Crippen molar-refractivity contribution in [3.05, 3.63) is 21.3 Å². The van der Waals surface area contributed by atoms with Gasteiger partial charge in [-0.25, -0.2) is 4.79 Å². The van der Waals surface area contributed by atoms with Gasteiger partial charge in [0.15, 0.2) is 5.78 Å². The molecule has 0 spiro atoms. The van der Waals surface area contributed by atoms with Gasteiger partial charge in [-0.05, 0) is 18.4 Å². The van der Waals surface area contributed by atoms with E-state index in [1.54, 1.807) is 11.4 Å². The van der Waals surface area contributed by atoms with E-state index in [0.29, 0.717) is 9.90 Å². The summed E-state index contributed by atoms with van der Waals surface area (Å²) in [6, 6.07) is 0.830. The molecule has 4 nitrogen and oxygen atoms in total. The highest BCUT2D eigenvalue weighted by Crippen LogP contribution is 2.23. The van der Waals surface area contributed by atoms with Crippen molar-refractivity contribution in [1.29, 1.82) is 0 Å². The van der Waals surface area contributed by atoms with Gasteiger partial charge in [0.2, 0.25) is 0 Å². The van der Waals surface area contributed by atoms with Gasteiger partial charge in [0.05, 0.1) is 15.9 Å². The number of rotatable bonds is 3. The fourth-order valence-electron chi connectivity index (χ4n) is 0.917. The largest absolute Gasteiger partial charge is 0.465 e. The first-order valence-electron chi connectivity index (χ1n) is 3.79. The molecule has 0 aromatic carbocycles. The Labute approximate surface area is 89.5 Å². The van der Waals surface area contributed by atoms with Gasteiger partial charge in [-0.15, -0.1) is 11.3 Å². The zero-order chi connectivity index (χ0) is 10.7. The van der Waals surface area contributed by atoms with Crippen LogP contribution >= 0.6 is 22.9 Å². The summed E-state index contributed by atoms with van der Waals surface area (Å²) in [5.74, 6) is -0.313. The van der Waals surface area contributed by atoms with Gasteiger partial charge in [-0.2, -0.15) is 0 Å². The third-order valence-corrected chi connectivity index (χ3v) is 2.93. The van der Waals surface area contributed by atoms with Crippen molar-refractivity contribution in [3.8, 4) is 0 Å². The van der Waals surface area contributed by atoms with Gasteiger partial charge in [0, 0.05) is 0 Å². The van der Waals surface area contributed by atoms with Crippen LogP contribution in [0.3, 0.4) is 0 Å². The lowest BCUT2D eigenvalue weighted by atomic mass is 10.2. The van der Waals surface area contributed by atoms with Crippen molar-refractivity contribution >= 4 is 34.8 Å². The topological polar surface area (TPSA) is 66.4 Å². The fourth-order valence-corrected chi connectivity index (χ4v) is 2.10. The van der Waals surface area contributed by atoms with Crippen molar-refractivity contribution in [2.24, 2.45) is 0 Å². The molecule has 0 bridgehead atoms. The summed E-state index contributed by atoms with van der Waals surface area (Å²) in [7, 11) is 0. The van der Waals surface area contributed by atoms with Crippen LogP contribution in [0, 0.1) is 0 Å². The predicted molar refractivity (Wildman–Crippen MR) is 54.3 cm³/mol. The van der Waals surface area contributed by atoms with Crippen LogP contribution in [0.4, 0.5) is 4.79 Å². The molecule has 1 aromatic rings. The van der Waals surface area contributed by atoms with Crippen LogP contribution < -0.4 is 5.32 Å². The lowest BCUT2D eigenvalue weighted by Gasteiger charge is -2.08. The molecule has 76 valence electrons. The van der Waals surface area contributed by atoms with Crippen molar-refractivity contribution in [1.82, 2.24) is 5.32 Å². The Hall–Kier alpha value is -1.07. The molecule has 0 aliphatic heterocycles. The number of carbonyl (C=O) groups excluding carboxylic acids is 1. The molecule has 1 atom stereocenters. The molecule has 6 heteroatoms. The lowest BCUT2D eigenvalue weighted by Crippen LogP contribution is -2.37. The summed E-state index contributed by atoms with van der Waals surface area (Å²) < 4.78 is 0. The average molecular weight is 234 g/mol. The number of amides is 1. The van der Waals surface area contributed by atoms with Crippen LogP contribution in [0.1, 0.15) is 16.6 Å². The minimum absolute atomic E-state index is 0.313. The Bertz CT molecular complexity index is 363. The van der Waals surface area contributed by atoms with Crippen LogP contribution in [-0.2, 0) is 0 Å². The van der Waals surface area contributed by atoms with Crippen molar-refractivity contribution in [2.75, 3.05) is 0 Å². The van der Waals surface area contributed by atoms with E-state index in [1.807, 2.05) is 0 Å². The molecule has 0 saturated heterocycles. The molecule has 0 aliphatic rings. The molecule has 0 fully saturated rings. The Morgan fingerprint density at radius 3 is 2.71 bits per heavy atom. The number of carboxylic acid groups (broad SMARTS) is 1. The number of nitrogens with one attached hydrogen (secondary N) is 1. The average Bonchev–Trinajstić information content (AvgIpc) is 2.48. The second-order valence-electron chi connectivity index (χ2n) is 2.63. The Morgan fingerprint density at radius 1 is 1.64 bits per heavy atom. The third kappa shape index (κ3) is 2.46.